The molecule has 0 bridgehead atoms. The fourth-order valence-corrected chi connectivity index (χ4v) is 4.12. The van der Waals surface area contributed by atoms with Gasteiger partial charge in [0.2, 0.25) is 10.0 Å². The highest BCUT2D eigenvalue weighted by atomic mass is 79.9. The number of benzene rings is 3. The van der Waals surface area contributed by atoms with Gasteiger partial charge in [-0.1, -0.05) is 46.3 Å². The molecule has 0 heterocycles. The van der Waals surface area contributed by atoms with Crippen molar-refractivity contribution in [2.75, 3.05) is 19.0 Å². The summed E-state index contributed by atoms with van der Waals surface area (Å²) in [6.07, 6.45) is 0. The van der Waals surface area contributed by atoms with Gasteiger partial charge in [-0.25, -0.2) is 8.42 Å². The lowest BCUT2D eigenvalue weighted by atomic mass is 10.2. The van der Waals surface area contributed by atoms with E-state index in [9.17, 15) is 13.2 Å². The highest BCUT2D eigenvalue weighted by Crippen LogP contribution is 2.20. The lowest BCUT2D eigenvalue weighted by molar-refractivity contribution is -0.118. The summed E-state index contributed by atoms with van der Waals surface area (Å²) >= 11 is 3.33. The van der Waals surface area contributed by atoms with E-state index >= 15 is 0 Å². The van der Waals surface area contributed by atoms with Crippen molar-refractivity contribution < 1.29 is 17.9 Å². The molecule has 8 heteroatoms. The van der Waals surface area contributed by atoms with Crippen LogP contribution in [0.5, 0.6) is 5.75 Å². The Hall–Kier alpha value is -2.68. The molecule has 3 aromatic carbocycles. The topological polar surface area (TPSA) is 75.7 Å². The molecule has 0 atom stereocenters. The van der Waals surface area contributed by atoms with Gasteiger partial charge in [-0.2, -0.15) is 4.31 Å². The molecule has 156 valence electrons. The fraction of sp³-hybridized carbons (Fsp3) is 0.136. The number of ether oxygens (including phenoxy) is 1. The molecule has 0 aromatic heterocycles. The third-order valence-corrected chi connectivity index (χ3v) is 6.62. The highest BCUT2D eigenvalue weighted by Gasteiger charge is 2.21. The minimum absolute atomic E-state index is 0.160. The molecule has 0 spiro atoms. The van der Waals surface area contributed by atoms with Gasteiger partial charge in [0.25, 0.3) is 5.91 Å². The molecule has 0 saturated carbocycles. The maximum Gasteiger partial charge on any atom is 0.262 e. The van der Waals surface area contributed by atoms with Gasteiger partial charge in [0.1, 0.15) is 5.75 Å². The molecule has 6 nitrogen and oxygen atoms in total. The molecule has 3 rings (SSSR count). The summed E-state index contributed by atoms with van der Waals surface area (Å²) in [6, 6.07) is 22.6. The number of carbonyl (C=O) groups is 1. The van der Waals surface area contributed by atoms with Crippen LogP contribution in [0.3, 0.4) is 0 Å². The van der Waals surface area contributed by atoms with Crippen LogP contribution in [-0.2, 0) is 21.4 Å². The third-order valence-electron chi connectivity index (χ3n) is 4.28. The van der Waals surface area contributed by atoms with E-state index in [0.717, 1.165) is 10.0 Å². The Kier molecular flexibility index (Phi) is 7.25. The number of halogens is 1. The smallest absolute Gasteiger partial charge is 0.262 e. The zero-order chi connectivity index (χ0) is 21.6. The average molecular weight is 489 g/mol. The molecule has 0 saturated heterocycles. The van der Waals surface area contributed by atoms with Crippen LogP contribution >= 0.6 is 15.9 Å². The van der Waals surface area contributed by atoms with Crippen molar-refractivity contribution in [3.63, 3.8) is 0 Å². The predicted molar refractivity (Wildman–Crippen MR) is 120 cm³/mol. The Morgan fingerprint density at radius 3 is 2.23 bits per heavy atom. The zero-order valence-corrected chi connectivity index (χ0v) is 18.7. The van der Waals surface area contributed by atoms with Crippen LogP contribution in [0.2, 0.25) is 0 Å². The van der Waals surface area contributed by atoms with E-state index in [1.165, 1.54) is 28.6 Å². The first-order valence-electron chi connectivity index (χ1n) is 9.13. The van der Waals surface area contributed by atoms with Gasteiger partial charge in [0.15, 0.2) is 6.61 Å². The number of carbonyl (C=O) groups excluding carboxylic acids is 1. The molecule has 3 aromatic rings. The Labute approximate surface area is 184 Å². The SMILES string of the molecule is CN(Cc1ccccc1)S(=O)(=O)c1ccc(OCC(=O)Nc2ccc(Br)cc2)cc1. The Bertz CT molecular complexity index is 1090. The minimum Gasteiger partial charge on any atom is -0.484 e. The molecule has 0 fully saturated rings. The van der Waals surface area contributed by atoms with Crippen molar-refractivity contribution in [2.45, 2.75) is 11.4 Å². The monoisotopic (exact) mass is 488 g/mol. The van der Waals surface area contributed by atoms with Gasteiger partial charge in [-0.3, -0.25) is 4.79 Å². The van der Waals surface area contributed by atoms with Gasteiger partial charge in [-0.15, -0.1) is 0 Å². The first-order chi connectivity index (χ1) is 14.3. The number of sulfonamides is 1. The fourth-order valence-electron chi connectivity index (χ4n) is 2.69. The van der Waals surface area contributed by atoms with E-state index < -0.39 is 10.0 Å². The Morgan fingerprint density at radius 1 is 0.967 bits per heavy atom. The summed E-state index contributed by atoms with van der Waals surface area (Å²) in [6.45, 7) is 0.0910. The van der Waals surface area contributed by atoms with Gasteiger partial charge < -0.3 is 10.1 Å². The largest absolute Gasteiger partial charge is 0.484 e. The number of amides is 1. The van der Waals surface area contributed by atoms with Crippen molar-refractivity contribution in [3.05, 3.63) is 88.9 Å². The van der Waals surface area contributed by atoms with Crippen molar-refractivity contribution in [2.24, 2.45) is 0 Å². The Balaban J connectivity index is 1.57. The van der Waals surface area contributed by atoms with Crippen LogP contribution in [0.15, 0.2) is 88.2 Å². The minimum atomic E-state index is -3.63. The molecule has 1 amide bonds. The van der Waals surface area contributed by atoms with Crippen molar-refractivity contribution in [3.8, 4) is 5.75 Å². The van der Waals surface area contributed by atoms with Crippen LogP contribution in [0.4, 0.5) is 5.69 Å². The molecule has 1 N–H and O–H groups in total. The number of nitrogens with zero attached hydrogens (tertiary/aromatic N) is 1. The van der Waals surface area contributed by atoms with Crippen molar-refractivity contribution in [1.82, 2.24) is 4.31 Å². The van der Waals surface area contributed by atoms with Crippen LogP contribution < -0.4 is 10.1 Å². The molecule has 0 radical (unpaired) electrons. The van der Waals surface area contributed by atoms with Gasteiger partial charge in [0, 0.05) is 23.8 Å². The molecule has 0 aliphatic carbocycles. The van der Waals surface area contributed by atoms with Crippen LogP contribution in [0, 0.1) is 0 Å². The van der Waals surface area contributed by atoms with E-state index in [1.54, 1.807) is 19.2 Å². The van der Waals surface area contributed by atoms with E-state index in [0.29, 0.717) is 11.4 Å². The van der Waals surface area contributed by atoms with Crippen LogP contribution in [-0.4, -0.2) is 32.3 Å². The summed E-state index contributed by atoms with van der Waals surface area (Å²) in [5.41, 5.74) is 1.56. The second kappa shape index (κ2) is 9.88. The summed E-state index contributed by atoms with van der Waals surface area (Å²) in [5.74, 6) is 0.0993. The molecular weight excluding hydrogens is 468 g/mol. The van der Waals surface area contributed by atoms with E-state index in [2.05, 4.69) is 21.2 Å². The van der Waals surface area contributed by atoms with Gasteiger partial charge >= 0.3 is 0 Å². The van der Waals surface area contributed by atoms with Crippen LogP contribution in [0.25, 0.3) is 0 Å². The predicted octanol–water partition coefficient (Wildman–Crippen LogP) is 4.29. The first kappa shape index (κ1) is 22.0. The second-order valence-electron chi connectivity index (χ2n) is 6.56. The summed E-state index contributed by atoms with van der Waals surface area (Å²) in [5, 5.41) is 2.73. The maximum atomic E-state index is 12.8. The molecule has 0 aliphatic heterocycles. The number of hydrogen-bond acceptors (Lipinski definition) is 4. The van der Waals surface area contributed by atoms with E-state index in [1.807, 2.05) is 42.5 Å². The molecular formula is C22H21BrN2O4S. The molecule has 30 heavy (non-hydrogen) atoms. The van der Waals surface area contributed by atoms with E-state index in [-0.39, 0.29) is 24.0 Å². The summed E-state index contributed by atoms with van der Waals surface area (Å²) < 4.78 is 33.2. The number of nitrogens with one attached hydrogen (secondary N) is 1. The van der Waals surface area contributed by atoms with Gasteiger partial charge in [0.05, 0.1) is 4.90 Å². The number of anilines is 1. The molecule has 0 aliphatic rings. The van der Waals surface area contributed by atoms with Gasteiger partial charge in [-0.05, 0) is 54.1 Å². The first-order valence-corrected chi connectivity index (χ1v) is 11.4. The highest BCUT2D eigenvalue weighted by molar-refractivity contribution is 9.10. The summed E-state index contributed by atoms with van der Waals surface area (Å²) in [7, 11) is -2.09. The van der Waals surface area contributed by atoms with Crippen LogP contribution in [0.1, 0.15) is 5.56 Å². The normalized spacial score (nSPS) is 11.3. The lowest BCUT2D eigenvalue weighted by Crippen LogP contribution is -2.26. The van der Waals surface area contributed by atoms with Crippen molar-refractivity contribution in [1.29, 1.82) is 0 Å². The van der Waals surface area contributed by atoms with Crippen molar-refractivity contribution >= 4 is 37.5 Å². The zero-order valence-electron chi connectivity index (χ0n) is 16.3. The maximum absolute atomic E-state index is 12.8. The number of hydrogen-bond donors (Lipinski definition) is 1. The third kappa shape index (κ3) is 5.91. The lowest BCUT2D eigenvalue weighted by Gasteiger charge is -2.17. The quantitative estimate of drug-likeness (QED) is 0.513. The number of rotatable bonds is 8. The average Bonchev–Trinajstić information content (AvgIpc) is 2.75. The standard InChI is InChI=1S/C22H21BrN2O4S/c1-25(15-17-5-3-2-4-6-17)30(27,28)21-13-11-20(12-14-21)29-16-22(26)24-19-9-7-18(23)8-10-19/h2-14H,15-16H2,1H3,(H,24,26). The molecule has 0 unspecified atom stereocenters. The summed E-state index contributed by atoms with van der Waals surface area (Å²) in [4.78, 5) is 12.2. The Morgan fingerprint density at radius 2 is 1.60 bits per heavy atom. The van der Waals surface area contributed by atoms with E-state index in [4.69, 9.17) is 4.74 Å². The second-order valence-corrected chi connectivity index (χ2v) is 9.52.